The van der Waals surface area contributed by atoms with Crippen LogP contribution in [0.3, 0.4) is 0 Å². The Bertz CT molecular complexity index is 1010. The molecule has 2 aliphatic carbocycles. The molecule has 0 N–H and O–H groups in total. The van der Waals surface area contributed by atoms with Crippen LogP contribution in [0.4, 0.5) is 13.2 Å². The predicted octanol–water partition coefficient (Wildman–Crippen LogP) is 6.71. The summed E-state index contributed by atoms with van der Waals surface area (Å²) >= 11 is 3.75. The first kappa shape index (κ1) is 15.0. The summed E-state index contributed by atoms with van der Waals surface area (Å²) in [6.07, 6.45) is -0.430. The van der Waals surface area contributed by atoms with Crippen LogP contribution in [-0.2, 0) is 12.3 Å². The Morgan fingerprint density at radius 1 is 1.04 bits per heavy atom. The van der Waals surface area contributed by atoms with Gasteiger partial charge in [0.2, 0.25) is 0 Å². The van der Waals surface area contributed by atoms with Crippen LogP contribution < -0.4 is 0 Å². The standard InChI is InChI=1S/C19H10F3IS/c20-13-6-5-12-15-14-9(7-19(21,22)16(13)15)8-24-18(14)11-4-2-1-3-10(11)17(12)23/h1-6,8,17H,7H2. The van der Waals surface area contributed by atoms with Crippen molar-refractivity contribution in [3.8, 4) is 21.6 Å². The molecule has 0 spiro atoms. The number of benzene rings is 2. The largest absolute Gasteiger partial charge is 0.280 e. The SMILES string of the molecule is Fc1ccc2c3c1C(F)(F)Cc1csc(c1-3)-c1ccccc1C2I. The third-order valence-electron chi connectivity index (χ3n) is 4.83. The van der Waals surface area contributed by atoms with Crippen LogP contribution >= 0.6 is 33.9 Å². The lowest BCUT2D eigenvalue weighted by Crippen LogP contribution is -2.24. The first-order valence-corrected chi connectivity index (χ1v) is 9.66. The van der Waals surface area contributed by atoms with Gasteiger partial charge in [0.15, 0.2) is 0 Å². The summed E-state index contributed by atoms with van der Waals surface area (Å²) in [4.78, 5) is 0.975. The lowest BCUT2D eigenvalue weighted by atomic mass is 9.81. The van der Waals surface area contributed by atoms with Gasteiger partial charge in [-0.3, -0.25) is 0 Å². The molecule has 0 saturated heterocycles. The Kier molecular flexibility index (Phi) is 3.02. The number of fused-ring (bicyclic) bond motifs is 2. The topological polar surface area (TPSA) is 0 Å². The van der Waals surface area contributed by atoms with Crippen molar-refractivity contribution in [2.45, 2.75) is 16.3 Å². The molecule has 0 fully saturated rings. The van der Waals surface area contributed by atoms with Crippen molar-refractivity contribution in [3.63, 3.8) is 0 Å². The highest BCUT2D eigenvalue weighted by Crippen LogP contribution is 2.58. The number of halogens is 4. The van der Waals surface area contributed by atoms with Gasteiger partial charge in [0.25, 0.3) is 5.92 Å². The molecule has 0 aliphatic heterocycles. The molecule has 2 aromatic carbocycles. The Labute approximate surface area is 154 Å². The molecule has 120 valence electrons. The van der Waals surface area contributed by atoms with Gasteiger partial charge in [-0.2, -0.15) is 0 Å². The molecule has 5 rings (SSSR count). The fraction of sp³-hybridized carbons (Fsp3) is 0.158. The lowest BCUT2D eigenvalue weighted by molar-refractivity contribution is -0.00820. The normalized spacial score (nSPS) is 19.4. The second kappa shape index (κ2) is 4.85. The third kappa shape index (κ3) is 1.80. The molecule has 5 heteroatoms. The average molecular weight is 454 g/mol. The van der Waals surface area contributed by atoms with Crippen LogP contribution in [0.25, 0.3) is 21.6 Å². The van der Waals surface area contributed by atoms with Gasteiger partial charge in [-0.1, -0.05) is 52.9 Å². The van der Waals surface area contributed by atoms with E-state index in [9.17, 15) is 13.2 Å². The number of thiophene rings is 1. The van der Waals surface area contributed by atoms with E-state index in [2.05, 4.69) is 22.6 Å². The second-order valence-electron chi connectivity index (χ2n) is 6.18. The summed E-state index contributed by atoms with van der Waals surface area (Å²) in [5.74, 6) is -3.98. The maximum Gasteiger partial charge on any atom is 0.280 e. The molecule has 1 unspecified atom stereocenters. The maximum absolute atomic E-state index is 14.7. The van der Waals surface area contributed by atoms with E-state index in [0.717, 1.165) is 27.1 Å². The summed E-state index contributed by atoms with van der Waals surface area (Å²) in [5, 5.41) is 1.81. The molecule has 2 aliphatic rings. The number of rotatable bonds is 0. The fourth-order valence-electron chi connectivity index (χ4n) is 3.85. The summed E-state index contributed by atoms with van der Waals surface area (Å²) in [7, 11) is 0. The predicted molar refractivity (Wildman–Crippen MR) is 98.6 cm³/mol. The third-order valence-corrected chi connectivity index (χ3v) is 7.24. The van der Waals surface area contributed by atoms with Gasteiger partial charge in [-0.25, -0.2) is 13.2 Å². The van der Waals surface area contributed by atoms with E-state index in [1.165, 1.54) is 17.4 Å². The molecule has 0 amide bonds. The van der Waals surface area contributed by atoms with Gasteiger partial charge in [0.05, 0.1) is 9.49 Å². The molecule has 0 bridgehead atoms. The van der Waals surface area contributed by atoms with Gasteiger partial charge in [0, 0.05) is 22.4 Å². The summed E-state index contributed by atoms with van der Waals surface area (Å²) in [5.41, 5.74) is 4.35. The number of hydrogen-bond acceptors (Lipinski definition) is 1. The van der Waals surface area contributed by atoms with E-state index in [-0.39, 0.29) is 3.92 Å². The van der Waals surface area contributed by atoms with Crippen LogP contribution in [0.5, 0.6) is 0 Å². The van der Waals surface area contributed by atoms with Crippen LogP contribution in [0.1, 0.15) is 26.2 Å². The molecule has 1 atom stereocenters. The zero-order chi connectivity index (χ0) is 16.6. The van der Waals surface area contributed by atoms with Crippen LogP contribution in [0.15, 0.2) is 41.8 Å². The molecular formula is C19H10F3IS. The lowest BCUT2D eigenvalue weighted by Gasteiger charge is -2.28. The summed E-state index contributed by atoms with van der Waals surface area (Å²) < 4.78 is 43.7. The van der Waals surface area contributed by atoms with Crippen LogP contribution in [0.2, 0.25) is 0 Å². The highest BCUT2D eigenvalue weighted by atomic mass is 127. The molecule has 0 nitrogen and oxygen atoms in total. The Hall–Kier alpha value is -1.34. The average Bonchev–Trinajstić information content (AvgIpc) is 2.92. The monoisotopic (exact) mass is 454 g/mol. The number of alkyl halides is 3. The van der Waals surface area contributed by atoms with Crippen molar-refractivity contribution in [1.82, 2.24) is 0 Å². The van der Waals surface area contributed by atoms with E-state index in [0.29, 0.717) is 11.1 Å². The molecule has 0 saturated carbocycles. The van der Waals surface area contributed by atoms with Crippen molar-refractivity contribution in [2.75, 3.05) is 0 Å². The van der Waals surface area contributed by atoms with Crippen molar-refractivity contribution >= 4 is 33.9 Å². The van der Waals surface area contributed by atoms with E-state index >= 15 is 0 Å². The molecule has 24 heavy (non-hydrogen) atoms. The maximum atomic E-state index is 14.7. The minimum atomic E-state index is -3.17. The highest BCUT2D eigenvalue weighted by Gasteiger charge is 2.46. The zero-order valence-electron chi connectivity index (χ0n) is 12.2. The molecular weight excluding hydrogens is 444 g/mol. The van der Waals surface area contributed by atoms with Crippen LogP contribution in [-0.4, -0.2) is 0 Å². The van der Waals surface area contributed by atoms with Gasteiger partial charge in [-0.05, 0) is 33.7 Å². The van der Waals surface area contributed by atoms with E-state index in [4.69, 9.17) is 0 Å². The van der Waals surface area contributed by atoms with Gasteiger partial charge in [0.1, 0.15) is 5.82 Å². The Morgan fingerprint density at radius 2 is 1.83 bits per heavy atom. The van der Waals surface area contributed by atoms with Gasteiger partial charge < -0.3 is 0 Å². The van der Waals surface area contributed by atoms with Crippen LogP contribution in [0, 0.1) is 5.82 Å². The summed E-state index contributed by atoms with van der Waals surface area (Å²) in [6, 6.07) is 10.8. The van der Waals surface area contributed by atoms with Crippen molar-refractivity contribution < 1.29 is 13.2 Å². The zero-order valence-corrected chi connectivity index (χ0v) is 15.2. The van der Waals surface area contributed by atoms with Crippen molar-refractivity contribution in [2.24, 2.45) is 0 Å². The Morgan fingerprint density at radius 3 is 2.67 bits per heavy atom. The van der Waals surface area contributed by atoms with E-state index in [1.54, 1.807) is 11.4 Å². The van der Waals surface area contributed by atoms with E-state index < -0.39 is 23.7 Å². The molecule has 1 heterocycles. The quantitative estimate of drug-likeness (QED) is 0.262. The minimum absolute atomic E-state index is 0.0884. The summed E-state index contributed by atoms with van der Waals surface area (Å²) in [6.45, 7) is 0. The molecule has 1 aromatic heterocycles. The minimum Gasteiger partial charge on any atom is -0.206 e. The van der Waals surface area contributed by atoms with Crippen molar-refractivity contribution in [3.05, 3.63) is 69.8 Å². The highest BCUT2D eigenvalue weighted by molar-refractivity contribution is 14.1. The van der Waals surface area contributed by atoms with Gasteiger partial charge >= 0.3 is 0 Å². The smallest absolute Gasteiger partial charge is 0.206 e. The second-order valence-corrected chi connectivity index (χ2v) is 8.31. The first-order chi connectivity index (χ1) is 11.5. The Balaban J connectivity index is 2.00. The van der Waals surface area contributed by atoms with E-state index in [1.807, 2.05) is 24.3 Å². The molecule has 3 aromatic rings. The van der Waals surface area contributed by atoms with Crippen molar-refractivity contribution in [1.29, 1.82) is 0 Å². The first-order valence-electron chi connectivity index (χ1n) is 7.54. The molecule has 0 radical (unpaired) electrons. The number of hydrogen-bond donors (Lipinski definition) is 0. The van der Waals surface area contributed by atoms with Gasteiger partial charge in [-0.15, -0.1) is 11.3 Å². The fourth-order valence-corrected chi connectivity index (χ4v) is 6.03.